The number of rotatable bonds is 4. The summed E-state index contributed by atoms with van der Waals surface area (Å²) in [6, 6.07) is 10.3. The van der Waals surface area contributed by atoms with E-state index in [1.165, 1.54) is 31.2 Å². The van der Waals surface area contributed by atoms with Crippen molar-refractivity contribution in [1.82, 2.24) is 14.8 Å². The van der Waals surface area contributed by atoms with Gasteiger partial charge in [-0.25, -0.2) is 4.68 Å². The monoisotopic (exact) mass is 478 g/mol. The summed E-state index contributed by atoms with van der Waals surface area (Å²) < 4.78 is 40.8. The minimum atomic E-state index is -4.83. The molecule has 1 atom stereocenters. The Bertz CT molecular complexity index is 1290. The molecule has 0 saturated carbocycles. The molecule has 0 aliphatic carbocycles. The topological polar surface area (TPSA) is 115 Å². The van der Waals surface area contributed by atoms with Crippen molar-refractivity contribution in [2.24, 2.45) is 0 Å². The average Bonchev–Trinajstić information content (AvgIpc) is 3.18. The molecule has 13 heteroatoms. The molecule has 3 aromatic rings. The van der Waals surface area contributed by atoms with Gasteiger partial charge in [-0.3, -0.25) is 14.9 Å². The lowest BCUT2D eigenvalue weighted by atomic mass is 9.94. The van der Waals surface area contributed by atoms with Crippen LogP contribution in [0.5, 0.6) is 0 Å². The lowest BCUT2D eigenvalue weighted by molar-refractivity contribution is -0.384. The van der Waals surface area contributed by atoms with Crippen LogP contribution in [0.25, 0.3) is 0 Å². The third-order valence-electron chi connectivity index (χ3n) is 4.85. The van der Waals surface area contributed by atoms with Crippen molar-refractivity contribution in [2.75, 3.05) is 10.6 Å². The third kappa shape index (κ3) is 4.37. The maximum atomic E-state index is 13.3. The molecule has 0 spiro atoms. The van der Waals surface area contributed by atoms with Gasteiger partial charge in [0.2, 0.25) is 5.95 Å². The highest BCUT2D eigenvalue weighted by molar-refractivity contribution is 6.30. The van der Waals surface area contributed by atoms with Crippen molar-refractivity contribution in [3.8, 4) is 0 Å². The van der Waals surface area contributed by atoms with E-state index in [4.69, 9.17) is 11.6 Å². The fourth-order valence-electron chi connectivity index (χ4n) is 3.41. The van der Waals surface area contributed by atoms with E-state index in [1.54, 1.807) is 24.3 Å². The summed E-state index contributed by atoms with van der Waals surface area (Å²) in [4.78, 5) is 27.3. The smallest absolute Gasteiger partial charge is 0.328 e. The lowest BCUT2D eigenvalue weighted by Crippen LogP contribution is -2.31. The fourth-order valence-corrected chi connectivity index (χ4v) is 3.54. The molecule has 0 unspecified atom stereocenters. The van der Waals surface area contributed by atoms with E-state index in [1.807, 2.05) is 0 Å². The fraction of sp³-hybridized carbons (Fsp3) is 0.150. The zero-order valence-corrected chi connectivity index (χ0v) is 17.5. The normalized spacial score (nSPS) is 15.6. The van der Waals surface area contributed by atoms with Crippen LogP contribution in [0.2, 0.25) is 5.02 Å². The van der Waals surface area contributed by atoms with Crippen LogP contribution in [-0.2, 0) is 11.0 Å². The summed E-state index contributed by atoms with van der Waals surface area (Å²) >= 11 is 5.86. The van der Waals surface area contributed by atoms with E-state index in [-0.39, 0.29) is 28.5 Å². The van der Waals surface area contributed by atoms with E-state index in [0.717, 1.165) is 4.68 Å². The van der Waals surface area contributed by atoms with Crippen molar-refractivity contribution in [3.63, 3.8) is 0 Å². The van der Waals surface area contributed by atoms with Gasteiger partial charge in [0.15, 0.2) is 0 Å². The first kappa shape index (κ1) is 22.3. The number of anilines is 2. The van der Waals surface area contributed by atoms with E-state index < -0.39 is 28.9 Å². The van der Waals surface area contributed by atoms with Gasteiger partial charge in [0, 0.05) is 28.5 Å². The van der Waals surface area contributed by atoms with E-state index in [0.29, 0.717) is 10.7 Å². The van der Waals surface area contributed by atoms with Gasteiger partial charge in [0.05, 0.1) is 10.5 Å². The average molecular weight is 479 g/mol. The second kappa shape index (κ2) is 8.20. The molecule has 2 N–H and O–H groups in total. The maximum Gasteiger partial charge on any atom is 0.453 e. The highest BCUT2D eigenvalue weighted by atomic mass is 35.5. The predicted molar refractivity (Wildman–Crippen MR) is 113 cm³/mol. The Morgan fingerprint density at radius 3 is 2.58 bits per heavy atom. The first-order valence-electron chi connectivity index (χ1n) is 9.37. The van der Waals surface area contributed by atoms with Crippen molar-refractivity contribution in [3.05, 3.63) is 86.3 Å². The van der Waals surface area contributed by atoms with Crippen LogP contribution in [0.4, 0.5) is 30.5 Å². The number of nitrogens with zero attached hydrogens (tertiary/aromatic N) is 4. The van der Waals surface area contributed by atoms with Crippen LogP contribution in [-0.4, -0.2) is 25.6 Å². The highest BCUT2D eigenvalue weighted by Gasteiger charge is 2.41. The molecule has 0 radical (unpaired) electrons. The molecule has 0 bridgehead atoms. The molecule has 9 nitrogen and oxygen atoms in total. The van der Waals surface area contributed by atoms with Crippen molar-refractivity contribution < 1.29 is 22.9 Å². The zero-order valence-electron chi connectivity index (χ0n) is 16.7. The largest absolute Gasteiger partial charge is 0.453 e. The quantitative estimate of drug-likeness (QED) is 0.411. The molecular weight excluding hydrogens is 465 g/mol. The number of hydrogen-bond donors (Lipinski definition) is 2. The number of aromatic nitrogens is 3. The molecule has 33 heavy (non-hydrogen) atoms. The zero-order chi connectivity index (χ0) is 23.9. The van der Waals surface area contributed by atoms with Gasteiger partial charge >= 0.3 is 6.18 Å². The highest BCUT2D eigenvalue weighted by Crippen LogP contribution is 2.38. The molecule has 0 saturated heterocycles. The van der Waals surface area contributed by atoms with Gasteiger partial charge < -0.3 is 10.6 Å². The van der Waals surface area contributed by atoms with E-state index in [9.17, 15) is 28.1 Å². The summed E-state index contributed by atoms with van der Waals surface area (Å²) in [6.45, 7) is 1.49. The number of fused-ring (bicyclic) bond motifs is 1. The maximum absolute atomic E-state index is 13.3. The SMILES string of the molecule is CC1=C(C(=O)Nc2ccc(Cl)cc2)[C@H](c2cccc([N+](=O)[O-])c2)n2nc(C(F)(F)F)nc2N1. The van der Waals surface area contributed by atoms with Crippen molar-refractivity contribution in [2.45, 2.75) is 19.1 Å². The molecule has 1 aliphatic rings. The minimum absolute atomic E-state index is 0.0107. The Morgan fingerprint density at radius 2 is 1.94 bits per heavy atom. The number of halogens is 4. The van der Waals surface area contributed by atoms with Gasteiger partial charge in [-0.1, -0.05) is 23.7 Å². The number of allylic oxidation sites excluding steroid dienone is 1. The van der Waals surface area contributed by atoms with Crippen molar-refractivity contribution in [1.29, 1.82) is 0 Å². The molecule has 0 fully saturated rings. The van der Waals surface area contributed by atoms with Crippen LogP contribution < -0.4 is 10.6 Å². The van der Waals surface area contributed by atoms with Gasteiger partial charge in [0.1, 0.15) is 6.04 Å². The predicted octanol–water partition coefficient (Wildman–Crippen LogP) is 4.79. The lowest BCUT2D eigenvalue weighted by Gasteiger charge is -2.28. The second-order valence-electron chi connectivity index (χ2n) is 7.08. The Labute approximate surface area is 189 Å². The number of non-ortho nitro benzene ring substituents is 1. The molecule has 170 valence electrons. The first-order chi connectivity index (χ1) is 15.5. The number of nitro benzene ring substituents is 1. The Kier molecular flexibility index (Phi) is 5.54. The van der Waals surface area contributed by atoms with E-state index >= 15 is 0 Å². The second-order valence-corrected chi connectivity index (χ2v) is 7.52. The standard InChI is InChI=1S/C20H14ClF3N6O3/c1-10-15(17(31)26-13-7-5-12(21)6-8-13)16(11-3-2-4-14(9-11)30(32)33)29-19(25-10)27-18(28-29)20(22,23)24/h2-9,16H,1H3,(H,26,31)(H,25,27,28)/t16-/m0/s1. The number of alkyl halides is 3. The van der Waals surface area contributed by atoms with Crippen LogP contribution in [0.15, 0.2) is 59.8 Å². The van der Waals surface area contributed by atoms with Crippen molar-refractivity contribution >= 4 is 34.8 Å². The number of amides is 1. The molecule has 1 aliphatic heterocycles. The van der Waals surface area contributed by atoms with Gasteiger partial charge in [0.25, 0.3) is 17.4 Å². The minimum Gasteiger partial charge on any atom is -0.328 e. The van der Waals surface area contributed by atoms with Gasteiger partial charge in [-0.15, -0.1) is 5.10 Å². The number of nitro groups is 1. The van der Waals surface area contributed by atoms with E-state index in [2.05, 4.69) is 20.7 Å². The summed E-state index contributed by atoms with van der Waals surface area (Å²) in [5.74, 6) is -2.31. The van der Waals surface area contributed by atoms with Crippen LogP contribution in [0.3, 0.4) is 0 Å². The van der Waals surface area contributed by atoms with Gasteiger partial charge in [-0.2, -0.15) is 18.2 Å². The van der Waals surface area contributed by atoms with Gasteiger partial charge in [-0.05, 0) is 36.8 Å². The Morgan fingerprint density at radius 1 is 1.24 bits per heavy atom. The number of nitrogens with one attached hydrogen (secondary N) is 2. The summed E-state index contributed by atoms with van der Waals surface area (Å²) in [5, 5.41) is 20.6. The summed E-state index contributed by atoms with van der Waals surface area (Å²) in [6.07, 6.45) is -4.83. The molecule has 2 aromatic carbocycles. The Balaban J connectivity index is 1.83. The first-order valence-corrected chi connectivity index (χ1v) is 9.75. The van der Waals surface area contributed by atoms with Crippen LogP contribution >= 0.6 is 11.6 Å². The molecule has 2 heterocycles. The Hall–Kier alpha value is -3.93. The number of carbonyl (C=O) groups is 1. The number of hydrogen-bond acceptors (Lipinski definition) is 6. The van der Waals surface area contributed by atoms with Crippen LogP contribution in [0.1, 0.15) is 24.4 Å². The van der Waals surface area contributed by atoms with Crippen LogP contribution in [0, 0.1) is 10.1 Å². The molecule has 1 amide bonds. The summed E-state index contributed by atoms with van der Waals surface area (Å²) in [7, 11) is 0. The summed E-state index contributed by atoms with van der Waals surface area (Å²) in [5.41, 5.74) is 0.510. The molecule has 1 aromatic heterocycles. The number of benzene rings is 2. The molecule has 4 rings (SSSR count). The third-order valence-corrected chi connectivity index (χ3v) is 5.10. The molecular formula is C20H14ClF3N6O3. The number of carbonyl (C=O) groups excluding carboxylic acids is 1.